The zero-order valence-corrected chi connectivity index (χ0v) is 11.0. The Labute approximate surface area is 118 Å². The quantitative estimate of drug-likeness (QED) is 0.785. The Morgan fingerprint density at radius 2 is 1.47 bits per heavy atom. The average Bonchev–Trinajstić information content (AvgIpc) is 2.34. The lowest BCUT2D eigenvalue weighted by Crippen LogP contribution is -2.04. The van der Waals surface area contributed by atoms with Crippen LogP contribution in [0.4, 0.5) is 18.9 Å². The van der Waals surface area contributed by atoms with E-state index in [2.05, 4.69) is 5.32 Å². The number of rotatable bonds is 3. The third-order valence-corrected chi connectivity index (χ3v) is 3.24. The van der Waals surface area contributed by atoms with Gasteiger partial charge in [0.15, 0.2) is 11.6 Å². The van der Waals surface area contributed by atoms with Gasteiger partial charge in [0, 0.05) is 34.3 Å². The fourth-order valence-electron chi connectivity index (χ4n) is 1.54. The van der Waals surface area contributed by atoms with Crippen molar-refractivity contribution in [3.8, 4) is 0 Å². The van der Waals surface area contributed by atoms with Gasteiger partial charge in [-0.25, -0.2) is 13.2 Å². The van der Waals surface area contributed by atoms with Gasteiger partial charge < -0.3 is 5.32 Å². The Kier molecular flexibility index (Phi) is 4.22. The van der Waals surface area contributed by atoms with Crippen LogP contribution in [0.25, 0.3) is 0 Å². The number of anilines is 1. The highest BCUT2D eigenvalue weighted by atomic mass is 35.5. The van der Waals surface area contributed by atoms with Crippen LogP contribution in [0.15, 0.2) is 30.3 Å². The molecule has 0 heterocycles. The second kappa shape index (κ2) is 5.72. The first-order valence-electron chi connectivity index (χ1n) is 5.30. The third-order valence-electron chi connectivity index (χ3n) is 2.53. The van der Waals surface area contributed by atoms with E-state index in [-0.39, 0.29) is 12.2 Å². The lowest BCUT2D eigenvalue weighted by atomic mass is 10.2. The predicted molar refractivity (Wildman–Crippen MR) is 70.1 cm³/mol. The molecule has 0 saturated carbocycles. The van der Waals surface area contributed by atoms with Crippen LogP contribution in [-0.2, 0) is 6.54 Å². The molecule has 0 spiro atoms. The molecule has 0 fully saturated rings. The van der Waals surface area contributed by atoms with Crippen LogP contribution >= 0.6 is 23.2 Å². The molecule has 0 bridgehead atoms. The summed E-state index contributed by atoms with van der Waals surface area (Å²) in [6, 6.07) is 6.16. The zero-order chi connectivity index (χ0) is 14.0. The minimum Gasteiger partial charge on any atom is -0.378 e. The molecule has 2 aromatic rings. The summed E-state index contributed by atoms with van der Waals surface area (Å²) in [5.74, 6) is -3.25. The fraction of sp³-hybridized carbons (Fsp3) is 0.0769. The van der Waals surface area contributed by atoms with Gasteiger partial charge in [0.2, 0.25) is 0 Å². The number of nitrogens with one attached hydrogen (secondary N) is 1. The van der Waals surface area contributed by atoms with E-state index in [1.807, 2.05) is 0 Å². The van der Waals surface area contributed by atoms with Gasteiger partial charge in [-0.1, -0.05) is 29.3 Å². The maximum absolute atomic E-state index is 13.4. The van der Waals surface area contributed by atoms with E-state index >= 15 is 0 Å². The van der Waals surface area contributed by atoms with Gasteiger partial charge in [-0.05, 0) is 12.1 Å². The highest BCUT2D eigenvalue weighted by Gasteiger charge is 2.11. The fourth-order valence-corrected chi connectivity index (χ4v) is 2.07. The molecule has 6 heteroatoms. The van der Waals surface area contributed by atoms with E-state index in [4.69, 9.17) is 23.2 Å². The van der Waals surface area contributed by atoms with Gasteiger partial charge in [0.25, 0.3) is 0 Å². The van der Waals surface area contributed by atoms with Crippen LogP contribution in [0.3, 0.4) is 0 Å². The SMILES string of the molecule is Fc1cc(F)c(NCc2c(Cl)cccc2Cl)cc1F. The monoisotopic (exact) mass is 305 g/mol. The van der Waals surface area contributed by atoms with Gasteiger partial charge in [0.1, 0.15) is 5.82 Å². The summed E-state index contributed by atoms with van der Waals surface area (Å²) in [5.41, 5.74) is 0.393. The van der Waals surface area contributed by atoms with Crippen molar-refractivity contribution in [2.75, 3.05) is 5.32 Å². The van der Waals surface area contributed by atoms with Crippen molar-refractivity contribution in [1.82, 2.24) is 0 Å². The topological polar surface area (TPSA) is 12.0 Å². The molecule has 2 aromatic carbocycles. The van der Waals surface area contributed by atoms with Crippen molar-refractivity contribution in [3.05, 3.63) is 63.4 Å². The molecule has 0 amide bonds. The maximum Gasteiger partial charge on any atom is 0.161 e. The zero-order valence-electron chi connectivity index (χ0n) is 9.48. The Morgan fingerprint density at radius 3 is 2.11 bits per heavy atom. The smallest absolute Gasteiger partial charge is 0.161 e. The third kappa shape index (κ3) is 3.14. The first-order valence-corrected chi connectivity index (χ1v) is 6.06. The predicted octanol–water partition coefficient (Wildman–Crippen LogP) is 5.02. The van der Waals surface area contributed by atoms with Crippen LogP contribution in [0, 0.1) is 17.5 Å². The summed E-state index contributed by atoms with van der Waals surface area (Å²) in [6.45, 7) is 0.0977. The molecule has 2 rings (SSSR count). The molecule has 0 atom stereocenters. The number of benzene rings is 2. The summed E-state index contributed by atoms with van der Waals surface area (Å²) in [5, 5.41) is 3.44. The molecule has 0 unspecified atom stereocenters. The van der Waals surface area contributed by atoms with Crippen molar-refractivity contribution < 1.29 is 13.2 Å². The van der Waals surface area contributed by atoms with E-state index in [0.29, 0.717) is 21.7 Å². The van der Waals surface area contributed by atoms with Crippen molar-refractivity contribution in [2.24, 2.45) is 0 Å². The van der Waals surface area contributed by atoms with E-state index in [1.165, 1.54) is 0 Å². The van der Waals surface area contributed by atoms with Crippen molar-refractivity contribution in [1.29, 1.82) is 0 Å². The van der Waals surface area contributed by atoms with Gasteiger partial charge >= 0.3 is 0 Å². The summed E-state index contributed by atoms with van der Waals surface area (Å²) >= 11 is 11.9. The summed E-state index contributed by atoms with van der Waals surface area (Å²) in [7, 11) is 0. The highest BCUT2D eigenvalue weighted by molar-refractivity contribution is 6.36. The molecule has 1 nitrogen and oxygen atoms in total. The number of hydrogen-bond acceptors (Lipinski definition) is 1. The van der Waals surface area contributed by atoms with Crippen LogP contribution in [-0.4, -0.2) is 0 Å². The summed E-state index contributed by atoms with van der Waals surface area (Å²) in [6.07, 6.45) is 0. The first kappa shape index (κ1) is 14.0. The first-order chi connectivity index (χ1) is 8.99. The van der Waals surface area contributed by atoms with E-state index in [0.717, 1.165) is 6.07 Å². The molecule has 0 aliphatic rings. The summed E-state index contributed by atoms with van der Waals surface area (Å²) in [4.78, 5) is 0. The number of halogens is 5. The normalized spacial score (nSPS) is 10.6. The van der Waals surface area contributed by atoms with Crippen LogP contribution in [0.5, 0.6) is 0 Å². The van der Waals surface area contributed by atoms with Crippen molar-refractivity contribution >= 4 is 28.9 Å². The van der Waals surface area contributed by atoms with Crippen LogP contribution < -0.4 is 5.32 Å². The van der Waals surface area contributed by atoms with Gasteiger partial charge in [-0.2, -0.15) is 0 Å². The molecule has 0 saturated heterocycles. The maximum atomic E-state index is 13.4. The van der Waals surface area contributed by atoms with Crippen molar-refractivity contribution in [2.45, 2.75) is 6.54 Å². The minimum atomic E-state index is -1.24. The largest absolute Gasteiger partial charge is 0.378 e. The molecule has 19 heavy (non-hydrogen) atoms. The summed E-state index contributed by atoms with van der Waals surface area (Å²) < 4.78 is 39.2. The van der Waals surface area contributed by atoms with E-state index in [1.54, 1.807) is 18.2 Å². The molecule has 0 aliphatic carbocycles. The second-order valence-corrected chi connectivity index (χ2v) is 4.61. The lowest BCUT2D eigenvalue weighted by molar-refractivity contribution is 0.496. The lowest BCUT2D eigenvalue weighted by Gasteiger charge is -2.10. The Bertz CT molecular complexity index is 597. The molecular formula is C13H8Cl2F3N. The Hall–Kier alpha value is -1.39. The standard InChI is InChI=1S/C13H8Cl2F3N/c14-8-2-1-3-9(15)7(8)6-19-13-5-11(17)10(16)4-12(13)18/h1-5,19H,6H2. The van der Waals surface area contributed by atoms with E-state index in [9.17, 15) is 13.2 Å². The van der Waals surface area contributed by atoms with Gasteiger partial charge in [0.05, 0.1) is 5.69 Å². The Morgan fingerprint density at radius 1 is 0.895 bits per heavy atom. The van der Waals surface area contributed by atoms with Gasteiger partial charge in [-0.15, -0.1) is 0 Å². The molecule has 100 valence electrons. The molecule has 1 N–H and O–H groups in total. The average molecular weight is 306 g/mol. The van der Waals surface area contributed by atoms with Crippen LogP contribution in [0.1, 0.15) is 5.56 Å². The Balaban J connectivity index is 2.22. The molecule has 0 aliphatic heterocycles. The molecule has 0 aromatic heterocycles. The highest BCUT2D eigenvalue weighted by Crippen LogP contribution is 2.26. The van der Waals surface area contributed by atoms with Crippen molar-refractivity contribution in [3.63, 3.8) is 0 Å². The van der Waals surface area contributed by atoms with E-state index < -0.39 is 17.5 Å². The molecule has 0 radical (unpaired) electrons. The second-order valence-electron chi connectivity index (χ2n) is 3.80. The number of hydrogen-bond donors (Lipinski definition) is 1. The molecular weight excluding hydrogens is 298 g/mol. The minimum absolute atomic E-state index is 0.0977. The van der Waals surface area contributed by atoms with Crippen LogP contribution in [0.2, 0.25) is 10.0 Å². The van der Waals surface area contributed by atoms with Gasteiger partial charge in [-0.3, -0.25) is 0 Å².